The fourth-order valence-corrected chi connectivity index (χ4v) is 3.00. The molecule has 0 radical (unpaired) electrons. The summed E-state index contributed by atoms with van der Waals surface area (Å²) in [5, 5.41) is 12.9. The third-order valence-corrected chi connectivity index (χ3v) is 4.24. The summed E-state index contributed by atoms with van der Waals surface area (Å²) in [6.07, 6.45) is 1.94. The minimum Gasteiger partial charge on any atom is -0.392 e. The Morgan fingerprint density at radius 3 is 2.84 bits per heavy atom. The van der Waals surface area contributed by atoms with Crippen molar-refractivity contribution in [1.29, 1.82) is 0 Å². The third kappa shape index (κ3) is 2.35. The number of amides is 1. The normalized spacial score (nSPS) is 27.1. The number of nitrogens with one attached hydrogen (secondary N) is 1. The average Bonchev–Trinajstić information content (AvgIpc) is 2.42. The van der Waals surface area contributed by atoms with Gasteiger partial charge in [0.1, 0.15) is 5.82 Å². The smallest absolute Gasteiger partial charge is 0.233 e. The summed E-state index contributed by atoms with van der Waals surface area (Å²) >= 11 is 5.68. The van der Waals surface area contributed by atoms with Gasteiger partial charge in [0.2, 0.25) is 5.91 Å². The van der Waals surface area contributed by atoms with Gasteiger partial charge >= 0.3 is 0 Å². The summed E-state index contributed by atoms with van der Waals surface area (Å²) in [6, 6.07) is 4.31. The van der Waals surface area contributed by atoms with Crippen molar-refractivity contribution in [2.24, 2.45) is 0 Å². The monoisotopic (exact) mass is 285 g/mol. The molecule has 2 atom stereocenters. The van der Waals surface area contributed by atoms with Crippen molar-refractivity contribution in [2.75, 3.05) is 7.05 Å². The van der Waals surface area contributed by atoms with E-state index in [4.69, 9.17) is 11.6 Å². The number of carbonyl (C=O) groups excluding carboxylic acids is 1. The van der Waals surface area contributed by atoms with Crippen LogP contribution in [0.5, 0.6) is 0 Å². The highest BCUT2D eigenvalue weighted by Gasteiger charge is 2.47. The summed E-state index contributed by atoms with van der Waals surface area (Å²) in [7, 11) is 1.53. The molecule has 1 fully saturated rings. The molecule has 1 aromatic rings. The lowest BCUT2D eigenvalue weighted by Gasteiger charge is -2.40. The Balaban J connectivity index is 2.53. The fourth-order valence-electron chi connectivity index (χ4n) is 2.88. The van der Waals surface area contributed by atoms with Gasteiger partial charge in [0.15, 0.2) is 0 Å². The SMILES string of the molecule is CNC(=O)[C@]1(c2ccc(Cl)c(F)c2)CCCC[C@H]1O. The van der Waals surface area contributed by atoms with Crippen LogP contribution in [0.15, 0.2) is 18.2 Å². The number of aliphatic hydroxyl groups excluding tert-OH is 1. The van der Waals surface area contributed by atoms with E-state index in [1.165, 1.54) is 19.2 Å². The number of carbonyl (C=O) groups is 1. The molecule has 0 heterocycles. The van der Waals surface area contributed by atoms with Gasteiger partial charge in [-0.1, -0.05) is 30.5 Å². The van der Waals surface area contributed by atoms with Crippen LogP contribution >= 0.6 is 11.6 Å². The Kier molecular flexibility index (Phi) is 4.11. The largest absolute Gasteiger partial charge is 0.392 e. The molecular weight excluding hydrogens is 269 g/mol. The predicted octanol–water partition coefficient (Wildman–Crippen LogP) is 2.40. The lowest BCUT2D eigenvalue weighted by atomic mass is 9.66. The van der Waals surface area contributed by atoms with Crippen LogP contribution in [-0.4, -0.2) is 24.2 Å². The van der Waals surface area contributed by atoms with Crippen LogP contribution < -0.4 is 5.32 Å². The van der Waals surface area contributed by atoms with E-state index < -0.39 is 17.3 Å². The molecule has 0 saturated heterocycles. The molecule has 0 aliphatic heterocycles. The van der Waals surface area contributed by atoms with Gasteiger partial charge in [0.05, 0.1) is 16.5 Å². The van der Waals surface area contributed by atoms with Crippen molar-refractivity contribution in [1.82, 2.24) is 5.32 Å². The highest BCUT2D eigenvalue weighted by molar-refractivity contribution is 6.30. The van der Waals surface area contributed by atoms with Crippen molar-refractivity contribution in [3.05, 3.63) is 34.6 Å². The lowest BCUT2D eigenvalue weighted by Crippen LogP contribution is -2.53. The number of hydrogen-bond donors (Lipinski definition) is 2. The van der Waals surface area contributed by atoms with Gasteiger partial charge in [-0.25, -0.2) is 4.39 Å². The second-order valence-corrected chi connectivity index (χ2v) is 5.35. The first kappa shape index (κ1) is 14.3. The molecule has 0 aromatic heterocycles. The average molecular weight is 286 g/mol. The molecule has 0 bridgehead atoms. The van der Waals surface area contributed by atoms with Gasteiger partial charge in [0, 0.05) is 7.05 Å². The fraction of sp³-hybridized carbons (Fsp3) is 0.500. The third-order valence-electron chi connectivity index (χ3n) is 3.93. The Labute approximate surface area is 116 Å². The Morgan fingerprint density at radius 2 is 2.26 bits per heavy atom. The Morgan fingerprint density at radius 1 is 1.53 bits per heavy atom. The molecule has 2 rings (SSSR count). The predicted molar refractivity (Wildman–Crippen MR) is 71.6 cm³/mol. The molecule has 5 heteroatoms. The zero-order valence-corrected chi connectivity index (χ0v) is 11.5. The van der Waals surface area contributed by atoms with Crippen LogP contribution in [-0.2, 0) is 10.2 Å². The van der Waals surface area contributed by atoms with Crippen molar-refractivity contribution in [2.45, 2.75) is 37.2 Å². The summed E-state index contributed by atoms with van der Waals surface area (Å²) in [5.74, 6) is -0.846. The second-order valence-electron chi connectivity index (χ2n) is 4.94. The van der Waals surface area contributed by atoms with Gasteiger partial charge < -0.3 is 10.4 Å². The maximum atomic E-state index is 13.7. The number of benzene rings is 1. The van der Waals surface area contributed by atoms with Gasteiger partial charge in [-0.2, -0.15) is 0 Å². The highest BCUT2D eigenvalue weighted by atomic mass is 35.5. The second kappa shape index (κ2) is 5.47. The van der Waals surface area contributed by atoms with Gasteiger partial charge in [-0.15, -0.1) is 0 Å². The summed E-state index contributed by atoms with van der Waals surface area (Å²) in [5.41, 5.74) is -0.584. The van der Waals surface area contributed by atoms with Crippen molar-refractivity contribution < 1.29 is 14.3 Å². The Bertz CT molecular complexity index is 494. The van der Waals surface area contributed by atoms with E-state index in [2.05, 4.69) is 5.32 Å². The summed E-state index contributed by atoms with van der Waals surface area (Å²) in [4.78, 5) is 12.3. The highest BCUT2D eigenvalue weighted by Crippen LogP contribution is 2.40. The van der Waals surface area contributed by atoms with E-state index in [9.17, 15) is 14.3 Å². The van der Waals surface area contributed by atoms with Crippen molar-refractivity contribution in [3.63, 3.8) is 0 Å². The van der Waals surface area contributed by atoms with Crippen molar-refractivity contribution in [3.8, 4) is 0 Å². The molecular formula is C14H17ClFNO2. The number of likely N-dealkylation sites (N-methyl/N-ethyl adjacent to an activating group) is 1. The van der Waals surface area contributed by atoms with Crippen LogP contribution in [0.25, 0.3) is 0 Å². The van der Waals surface area contributed by atoms with Gasteiger partial charge in [-0.05, 0) is 30.5 Å². The van der Waals surface area contributed by atoms with Crippen molar-refractivity contribution >= 4 is 17.5 Å². The van der Waals surface area contributed by atoms with Gasteiger partial charge in [-0.3, -0.25) is 4.79 Å². The number of halogens is 2. The first-order valence-corrected chi connectivity index (χ1v) is 6.76. The Hall–Kier alpha value is -1.13. The minimum atomic E-state index is -1.07. The molecule has 3 nitrogen and oxygen atoms in total. The van der Waals surface area contributed by atoms with Crippen LogP contribution in [0.2, 0.25) is 5.02 Å². The molecule has 19 heavy (non-hydrogen) atoms. The van der Waals surface area contributed by atoms with Crippen LogP contribution in [0.3, 0.4) is 0 Å². The first-order valence-electron chi connectivity index (χ1n) is 6.38. The lowest BCUT2D eigenvalue weighted by molar-refractivity contribution is -0.132. The van der Waals surface area contributed by atoms with Gasteiger partial charge in [0.25, 0.3) is 0 Å². The maximum Gasteiger partial charge on any atom is 0.233 e. The molecule has 0 unspecified atom stereocenters. The molecule has 1 amide bonds. The molecule has 1 saturated carbocycles. The minimum absolute atomic E-state index is 0.0149. The van der Waals surface area contributed by atoms with E-state index in [1.807, 2.05) is 0 Å². The quantitative estimate of drug-likeness (QED) is 0.877. The summed E-state index contributed by atoms with van der Waals surface area (Å²) < 4.78 is 13.7. The number of hydrogen-bond acceptors (Lipinski definition) is 2. The molecule has 0 spiro atoms. The van der Waals surface area contributed by atoms with Crippen LogP contribution in [0, 0.1) is 5.82 Å². The molecule has 1 aliphatic rings. The number of rotatable bonds is 2. The standard InChI is InChI=1S/C14H17ClFNO2/c1-17-13(19)14(7-3-2-4-12(14)18)9-5-6-10(15)11(16)8-9/h5-6,8,12,18H,2-4,7H2,1H3,(H,17,19)/t12-,14+/m1/s1. The topological polar surface area (TPSA) is 49.3 Å². The van der Waals surface area contributed by atoms with Crippen LogP contribution in [0.1, 0.15) is 31.2 Å². The van der Waals surface area contributed by atoms with E-state index in [0.29, 0.717) is 18.4 Å². The molecule has 1 aliphatic carbocycles. The van der Waals surface area contributed by atoms with E-state index in [1.54, 1.807) is 6.07 Å². The molecule has 2 N–H and O–H groups in total. The van der Waals surface area contributed by atoms with E-state index >= 15 is 0 Å². The van der Waals surface area contributed by atoms with Crippen LogP contribution in [0.4, 0.5) is 4.39 Å². The summed E-state index contributed by atoms with van der Waals surface area (Å²) in [6.45, 7) is 0. The van der Waals surface area contributed by atoms with E-state index in [0.717, 1.165) is 12.8 Å². The maximum absolute atomic E-state index is 13.7. The number of aliphatic hydroxyl groups is 1. The molecule has 1 aromatic carbocycles. The first-order chi connectivity index (χ1) is 9.02. The zero-order valence-electron chi connectivity index (χ0n) is 10.7. The molecule has 104 valence electrons. The van der Waals surface area contributed by atoms with E-state index in [-0.39, 0.29) is 10.9 Å². The zero-order chi connectivity index (χ0) is 14.0.